The molecule has 21 heavy (non-hydrogen) atoms. The summed E-state index contributed by atoms with van der Waals surface area (Å²) >= 11 is 0. The summed E-state index contributed by atoms with van der Waals surface area (Å²) in [5.41, 5.74) is 2.11. The molecular weight excluding hydrogens is 268 g/mol. The first kappa shape index (κ1) is 13.5. The van der Waals surface area contributed by atoms with Gasteiger partial charge in [0, 0.05) is 18.1 Å². The molecule has 0 saturated carbocycles. The lowest BCUT2D eigenvalue weighted by Crippen LogP contribution is -2.11. The third kappa shape index (κ3) is 2.44. The molecule has 1 aliphatic heterocycles. The number of fused-ring (bicyclic) bond motifs is 1. The van der Waals surface area contributed by atoms with Crippen molar-refractivity contribution >= 4 is 5.78 Å². The Morgan fingerprint density at radius 3 is 2.33 bits per heavy atom. The maximum absolute atomic E-state index is 12.6. The molecule has 108 valence electrons. The fraction of sp³-hybridized carbons (Fsp3) is 0.235. The minimum absolute atomic E-state index is 0.0406. The third-order valence-electron chi connectivity index (χ3n) is 3.47. The van der Waals surface area contributed by atoms with Gasteiger partial charge >= 0.3 is 0 Å². The highest BCUT2D eigenvalue weighted by molar-refractivity contribution is 6.10. The van der Waals surface area contributed by atoms with E-state index in [-0.39, 0.29) is 12.1 Å². The number of benzene rings is 2. The summed E-state index contributed by atoms with van der Waals surface area (Å²) in [5.74, 6) is 1.99. The summed E-state index contributed by atoms with van der Waals surface area (Å²) in [4.78, 5) is 12.6. The molecule has 0 aromatic heterocycles. The first-order valence-electron chi connectivity index (χ1n) is 6.75. The molecule has 0 saturated heterocycles. The van der Waals surface area contributed by atoms with Crippen LogP contribution in [-0.4, -0.2) is 19.2 Å². The van der Waals surface area contributed by atoms with E-state index in [1.54, 1.807) is 37.4 Å². The Balaban J connectivity index is 1.96. The Bertz CT molecular complexity index is 689. The first-order chi connectivity index (χ1) is 10.1. The van der Waals surface area contributed by atoms with Gasteiger partial charge in [0.05, 0.1) is 7.11 Å². The maximum Gasteiger partial charge on any atom is 0.238 e. The molecule has 1 unspecified atom stereocenters. The number of hydrogen-bond donors (Lipinski definition) is 0. The van der Waals surface area contributed by atoms with Gasteiger partial charge in [0.1, 0.15) is 5.75 Å². The van der Waals surface area contributed by atoms with Gasteiger partial charge in [-0.15, -0.1) is 0 Å². The van der Waals surface area contributed by atoms with Crippen LogP contribution in [-0.2, 0) is 0 Å². The highest BCUT2D eigenvalue weighted by atomic mass is 16.7. The van der Waals surface area contributed by atoms with E-state index in [0.717, 1.165) is 11.3 Å². The van der Waals surface area contributed by atoms with Gasteiger partial charge in [0.15, 0.2) is 17.3 Å². The van der Waals surface area contributed by atoms with Crippen molar-refractivity contribution in [2.24, 2.45) is 0 Å². The van der Waals surface area contributed by atoms with E-state index < -0.39 is 0 Å². The van der Waals surface area contributed by atoms with E-state index in [0.29, 0.717) is 22.6 Å². The van der Waals surface area contributed by atoms with E-state index in [1.807, 2.05) is 19.9 Å². The van der Waals surface area contributed by atoms with Crippen molar-refractivity contribution in [3.8, 4) is 17.2 Å². The predicted octanol–water partition coefficient (Wildman–Crippen LogP) is 3.35. The van der Waals surface area contributed by atoms with E-state index in [4.69, 9.17) is 14.2 Å². The van der Waals surface area contributed by atoms with Crippen LogP contribution in [0.15, 0.2) is 36.4 Å². The third-order valence-corrected chi connectivity index (χ3v) is 3.47. The number of ether oxygens (including phenoxy) is 3. The highest BCUT2D eigenvalue weighted by Crippen LogP contribution is 2.37. The van der Waals surface area contributed by atoms with E-state index in [2.05, 4.69) is 0 Å². The molecular formula is C17H16O4. The minimum Gasteiger partial charge on any atom is -0.497 e. The highest BCUT2D eigenvalue weighted by Gasteiger charge is 2.23. The zero-order valence-corrected chi connectivity index (χ0v) is 12.2. The lowest BCUT2D eigenvalue weighted by molar-refractivity contribution is 0.0678. The number of ketones is 1. The van der Waals surface area contributed by atoms with Crippen molar-refractivity contribution in [3.63, 3.8) is 0 Å². The van der Waals surface area contributed by atoms with Crippen LogP contribution in [0.2, 0.25) is 0 Å². The molecule has 1 heterocycles. The second-order valence-corrected chi connectivity index (χ2v) is 4.97. The molecule has 3 rings (SSSR count). The van der Waals surface area contributed by atoms with Crippen LogP contribution in [0.3, 0.4) is 0 Å². The molecule has 1 aliphatic rings. The Morgan fingerprint density at radius 2 is 1.71 bits per heavy atom. The number of rotatable bonds is 3. The van der Waals surface area contributed by atoms with Gasteiger partial charge in [-0.25, -0.2) is 0 Å². The van der Waals surface area contributed by atoms with Crippen molar-refractivity contribution in [1.29, 1.82) is 0 Å². The van der Waals surface area contributed by atoms with E-state index >= 15 is 0 Å². The number of aryl methyl sites for hydroxylation is 1. The van der Waals surface area contributed by atoms with Crippen LogP contribution in [0.25, 0.3) is 0 Å². The molecule has 4 nitrogen and oxygen atoms in total. The number of carbonyl (C=O) groups excluding carboxylic acids is 1. The normalized spacial score (nSPS) is 15.9. The van der Waals surface area contributed by atoms with Gasteiger partial charge in [-0.2, -0.15) is 0 Å². The monoisotopic (exact) mass is 284 g/mol. The summed E-state index contributed by atoms with van der Waals surface area (Å²) in [5, 5.41) is 0. The Hall–Kier alpha value is -2.49. The second kappa shape index (κ2) is 5.13. The van der Waals surface area contributed by atoms with Crippen LogP contribution in [0.4, 0.5) is 0 Å². The lowest BCUT2D eigenvalue weighted by Gasteiger charge is -2.07. The van der Waals surface area contributed by atoms with E-state index in [9.17, 15) is 4.79 Å². The zero-order chi connectivity index (χ0) is 15.0. The van der Waals surface area contributed by atoms with Crippen LogP contribution < -0.4 is 14.2 Å². The maximum atomic E-state index is 12.6. The van der Waals surface area contributed by atoms with Gasteiger partial charge in [-0.3, -0.25) is 4.79 Å². The summed E-state index contributed by atoms with van der Waals surface area (Å²) < 4.78 is 16.1. The van der Waals surface area contributed by atoms with Gasteiger partial charge in [0.2, 0.25) is 6.29 Å². The fourth-order valence-corrected chi connectivity index (χ4v) is 2.37. The van der Waals surface area contributed by atoms with Crippen LogP contribution in [0.1, 0.15) is 28.4 Å². The second-order valence-electron chi connectivity index (χ2n) is 4.97. The molecule has 2 aromatic rings. The average Bonchev–Trinajstić information content (AvgIpc) is 2.85. The van der Waals surface area contributed by atoms with Crippen molar-refractivity contribution < 1.29 is 19.0 Å². The van der Waals surface area contributed by atoms with Gasteiger partial charge in [0.25, 0.3) is 0 Å². The summed E-state index contributed by atoms with van der Waals surface area (Å²) in [7, 11) is 1.60. The average molecular weight is 284 g/mol. The van der Waals surface area contributed by atoms with Crippen LogP contribution in [0.5, 0.6) is 17.2 Å². The van der Waals surface area contributed by atoms with Gasteiger partial charge < -0.3 is 14.2 Å². The topological polar surface area (TPSA) is 44.8 Å². The molecule has 0 amide bonds. The summed E-state index contributed by atoms with van der Waals surface area (Å²) in [6.45, 7) is 3.71. The molecule has 0 fully saturated rings. The van der Waals surface area contributed by atoms with Gasteiger partial charge in [-0.05, 0) is 48.9 Å². The molecule has 1 atom stereocenters. The summed E-state index contributed by atoms with van der Waals surface area (Å²) in [6.07, 6.45) is -0.314. The molecule has 4 heteroatoms. The Kier molecular flexibility index (Phi) is 3.29. The van der Waals surface area contributed by atoms with Crippen molar-refractivity contribution in [3.05, 3.63) is 53.1 Å². The smallest absolute Gasteiger partial charge is 0.238 e. The van der Waals surface area contributed by atoms with Crippen molar-refractivity contribution in [2.45, 2.75) is 20.1 Å². The number of hydrogen-bond acceptors (Lipinski definition) is 4. The lowest BCUT2D eigenvalue weighted by atomic mass is 9.98. The van der Waals surface area contributed by atoms with Crippen LogP contribution >= 0.6 is 0 Å². The minimum atomic E-state index is -0.314. The quantitative estimate of drug-likeness (QED) is 0.811. The Labute approximate surface area is 123 Å². The molecule has 0 aliphatic carbocycles. The van der Waals surface area contributed by atoms with Crippen molar-refractivity contribution in [2.75, 3.05) is 7.11 Å². The molecule has 0 spiro atoms. The zero-order valence-electron chi connectivity index (χ0n) is 12.2. The summed E-state index contributed by atoms with van der Waals surface area (Å²) in [6, 6.07) is 10.7. The molecule has 2 aromatic carbocycles. The van der Waals surface area contributed by atoms with Gasteiger partial charge in [-0.1, -0.05) is 0 Å². The fourth-order valence-electron chi connectivity index (χ4n) is 2.37. The largest absolute Gasteiger partial charge is 0.497 e. The molecule has 0 N–H and O–H groups in total. The predicted molar refractivity (Wildman–Crippen MR) is 78.3 cm³/mol. The van der Waals surface area contributed by atoms with Crippen LogP contribution in [0, 0.1) is 6.92 Å². The number of methoxy groups -OCH3 is 1. The first-order valence-corrected chi connectivity index (χ1v) is 6.75. The standard InChI is InChI=1S/C17H16O4/c1-10-8-15-16(21-11(2)20-15)9-14(10)17(18)12-4-6-13(19-3)7-5-12/h4-9,11H,1-3H3. The number of carbonyl (C=O) groups is 1. The molecule has 0 bridgehead atoms. The van der Waals surface area contributed by atoms with Crippen molar-refractivity contribution in [1.82, 2.24) is 0 Å². The van der Waals surface area contributed by atoms with E-state index in [1.165, 1.54) is 0 Å². The Morgan fingerprint density at radius 1 is 1.10 bits per heavy atom. The molecule has 0 radical (unpaired) electrons. The SMILES string of the molecule is COc1ccc(C(=O)c2cc3c(cc2C)OC(C)O3)cc1.